The molecule has 4 nitrogen and oxygen atoms in total. The van der Waals surface area contributed by atoms with Crippen LogP contribution in [0.3, 0.4) is 0 Å². The van der Waals surface area contributed by atoms with Crippen molar-refractivity contribution in [2.24, 2.45) is 5.92 Å². The Kier molecular flexibility index (Phi) is 6.49. The van der Waals surface area contributed by atoms with E-state index in [1.807, 2.05) is 0 Å². The molecule has 2 rings (SSSR count). The predicted molar refractivity (Wildman–Crippen MR) is 91.4 cm³/mol. The van der Waals surface area contributed by atoms with E-state index < -0.39 is 6.36 Å². The van der Waals surface area contributed by atoms with Crippen molar-refractivity contribution in [3.05, 3.63) is 54.1 Å². The highest BCUT2D eigenvalue weighted by atomic mass is 19.4. The zero-order valence-corrected chi connectivity index (χ0v) is 14.5. The van der Waals surface area contributed by atoms with E-state index in [-0.39, 0.29) is 11.7 Å². The molecule has 26 heavy (non-hydrogen) atoms. The van der Waals surface area contributed by atoms with E-state index >= 15 is 0 Å². The Hall–Kier alpha value is -2.70. The van der Waals surface area contributed by atoms with Crippen molar-refractivity contribution in [2.45, 2.75) is 26.6 Å². The smallest absolute Gasteiger partial charge is 0.457 e. The SMILES string of the molecule is CC(C)CCNC(=O)c1ccc(Oc2ccc(OC(F)(F)F)cc2)cc1. The number of carbonyl (C=O) groups excluding carboxylic acids is 1. The molecule has 140 valence electrons. The van der Waals surface area contributed by atoms with Crippen LogP contribution in [-0.4, -0.2) is 18.8 Å². The maximum atomic E-state index is 12.1. The first kappa shape index (κ1) is 19.6. The monoisotopic (exact) mass is 367 g/mol. The number of carbonyl (C=O) groups is 1. The third-order valence-electron chi connectivity index (χ3n) is 3.42. The summed E-state index contributed by atoms with van der Waals surface area (Å²) in [5, 5.41) is 2.84. The standard InChI is InChI=1S/C19H20F3NO3/c1-13(2)11-12-23-18(24)14-3-5-15(6-4-14)25-16-7-9-17(10-8-16)26-19(20,21)22/h3-10,13H,11-12H2,1-2H3,(H,23,24). The normalized spacial score (nSPS) is 11.3. The van der Waals surface area contributed by atoms with Crippen molar-refractivity contribution >= 4 is 5.91 Å². The molecule has 0 atom stereocenters. The Balaban J connectivity index is 1.91. The molecule has 2 aromatic rings. The first-order valence-electron chi connectivity index (χ1n) is 8.15. The molecule has 0 aliphatic carbocycles. The Labute approximate surface area is 149 Å². The van der Waals surface area contributed by atoms with E-state index in [1.54, 1.807) is 24.3 Å². The van der Waals surface area contributed by atoms with Crippen LogP contribution in [0.4, 0.5) is 13.2 Å². The number of amides is 1. The van der Waals surface area contributed by atoms with Crippen LogP contribution in [0.1, 0.15) is 30.6 Å². The van der Waals surface area contributed by atoms with Gasteiger partial charge in [0.15, 0.2) is 0 Å². The van der Waals surface area contributed by atoms with Crippen molar-refractivity contribution < 1.29 is 27.4 Å². The Bertz CT molecular complexity index is 710. The summed E-state index contributed by atoms with van der Waals surface area (Å²) in [6, 6.07) is 11.6. The Morgan fingerprint density at radius 1 is 0.962 bits per heavy atom. The highest BCUT2D eigenvalue weighted by Gasteiger charge is 2.30. The van der Waals surface area contributed by atoms with Crippen molar-refractivity contribution in [3.63, 3.8) is 0 Å². The Morgan fingerprint density at radius 3 is 1.96 bits per heavy atom. The van der Waals surface area contributed by atoms with E-state index in [9.17, 15) is 18.0 Å². The van der Waals surface area contributed by atoms with Crippen LogP contribution in [0.5, 0.6) is 17.2 Å². The largest absolute Gasteiger partial charge is 0.573 e. The highest BCUT2D eigenvalue weighted by Crippen LogP contribution is 2.27. The maximum Gasteiger partial charge on any atom is 0.573 e. The molecule has 0 radical (unpaired) electrons. The summed E-state index contributed by atoms with van der Waals surface area (Å²) >= 11 is 0. The molecule has 7 heteroatoms. The lowest BCUT2D eigenvalue weighted by molar-refractivity contribution is -0.274. The van der Waals surface area contributed by atoms with Gasteiger partial charge in [0.05, 0.1) is 0 Å². The molecule has 0 fully saturated rings. The fourth-order valence-corrected chi connectivity index (χ4v) is 2.10. The van der Waals surface area contributed by atoms with Gasteiger partial charge >= 0.3 is 6.36 Å². The van der Waals surface area contributed by atoms with Crippen LogP contribution >= 0.6 is 0 Å². The molecule has 0 spiro atoms. The number of nitrogens with one attached hydrogen (secondary N) is 1. The quantitative estimate of drug-likeness (QED) is 0.736. The lowest BCUT2D eigenvalue weighted by Crippen LogP contribution is -2.25. The number of hydrogen-bond acceptors (Lipinski definition) is 3. The predicted octanol–water partition coefficient (Wildman–Crippen LogP) is 5.15. The lowest BCUT2D eigenvalue weighted by atomic mass is 10.1. The van der Waals surface area contributed by atoms with Crippen LogP contribution in [0.2, 0.25) is 0 Å². The van der Waals surface area contributed by atoms with Crippen molar-refractivity contribution in [2.75, 3.05) is 6.54 Å². The number of ether oxygens (including phenoxy) is 2. The zero-order valence-electron chi connectivity index (χ0n) is 14.5. The molecule has 0 aliphatic heterocycles. The van der Waals surface area contributed by atoms with Crippen LogP contribution < -0.4 is 14.8 Å². The van der Waals surface area contributed by atoms with Crippen molar-refractivity contribution in [1.29, 1.82) is 0 Å². The maximum absolute atomic E-state index is 12.1. The fraction of sp³-hybridized carbons (Fsp3) is 0.316. The Morgan fingerprint density at radius 2 is 1.46 bits per heavy atom. The second-order valence-corrected chi connectivity index (χ2v) is 6.08. The number of benzene rings is 2. The fourth-order valence-electron chi connectivity index (χ4n) is 2.10. The van der Waals surface area contributed by atoms with Crippen LogP contribution in [0.15, 0.2) is 48.5 Å². The molecule has 0 saturated heterocycles. The van der Waals surface area contributed by atoms with Gasteiger partial charge in [-0.2, -0.15) is 0 Å². The first-order chi connectivity index (χ1) is 12.2. The van der Waals surface area contributed by atoms with Gasteiger partial charge in [-0.15, -0.1) is 13.2 Å². The summed E-state index contributed by atoms with van der Waals surface area (Å²) in [6.07, 6.45) is -3.82. The van der Waals surface area contributed by atoms with E-state index in [0.717, 1.165) is 6.42 Å². The molecule has 1 amide bonds. The van der Waals surface area contributed by atoms with Crippen molar-refractivity contribution in [1.82, 2.24) is 5.32 Å². The van der Waals surface area contributed by atoms with Gasteiger partial charge in [0.2, 0.25) is 0 Å². The number of alkyl halides is 3. The van der Waals surface area contributed by atoms with Gasteiger partial charge in [0.1, 0.15) is 17.2 Å². The number of rotatable bonds is 7. The molecular formula is C19H20F3NO3. The van der Waals surface area contributed by atoms with E-state index in [2.05, 4.69) is 23.9 Å². The highest BCUT2D eigenvalue weighted by molar-refractivity contribution is 5.94. The summed E-state index contributed by atoms with van der Waals surface area (Å²) < 4.78 is 45.7. The summed E-state index contributed by atoms with van der Waals surface area (Å²) in [4.78, 5) is 12.0. The molecule has 0 unspecified atom stereocenters. The molecular weight excluding hydrogens is 347 g/mol. The van der Waals surface area contributed by atoms with E-state index in [1.165, 1.54) is 24.3 Å². The van der Waals surface area contributed by atoms with Crippen LogP contribution in [0.25, 0.3) is 0 Å². The van der Waals surface area contributed by atoms with Gasteiger partial charge in [0, 0.05) is 12.1 Å². The molecule has 0 aliphatic rings. The lowest BCUT2D eigenvalue weighted by Gasteiger charge is -2.10. The van der Waals surface area contributed by atoms with Gasteiger partial charge in [-0.3, -0.25) is 4.79 Å². The minimum atomic E-state index is -4.73. The minimum Gasteiger partial charge on any atom is -0.457 e. The minimum absolute atomic E-state index is 0.161. The third-order valence-corrected chi connectivity index (χ3v) is 3.42. The summed E-state index contributed by atoms with van der Waals surface area (Å²) in [7, 11) is 0. The summed E-state index contributed by atoms with van der Waals surface area (Å²) in [6.45, 7) is 4.78. The molecule has 2 aromatic carbocycles. The van der Waals surface area contributed by atoms with Gasteiger partial charge in [-0.05, 0) is 60.9 Å². The summed E-state index contributed by atoms with van der Waals surface area (Å²) in [5.41, 5.74) is 0.509. The molecule has 0 aromatic heterocycles. The average Bonchev–Trinajstić information content (AvgIpc) is 2.55. The van der Waals surface area contributed by atoms with Gasteiger partial charge in [-0.25, -0.2) is 0 Å². The van der Waals surface area contributed by atoms with Crippen LogP contribution in [-0.2, 0) is 0 Å². The molecule has 0 bridgehead atoms. The van der Waals surface area contributed by atoms with Crippen molar-refractivity contribution in [3.8, 4) is 17.2 Å². The zero-order chi connectivity index (χ0) is 19.2. The van der Waals surface area contributed by atoms with E-state index in [0.29, 0.717) is 29.5 Å². The van der Waals surface area contributed by atoms with Crippen LogP contribution in [0, 0.1) is 5.92 Å². The summed E-state index contributed by atoms with van der Waals surface area (Å²) in [5.74, 6) is 0.852. The molecule has 1 N–H and O–H groups in total. The number of halogens is 3. The average molecular weight is 367 g/mol. The second-order valence-electron chi connectivity index (χ2n) is 6.08. The molecule has 0 heterocycles. The topological polar surface area (TPSA) is 47.6 Å². The van der Waals surface area contributed by atoms with E-state index in [4.69, 9.17) is 4.74 Å². The first-order valence-corrected chi connectivity index (χ1v) is 8.15. The second kappa shape index (κ2) is 8.60. The van der Waals surface area contributed by atoms with Gasteiger partial charge in [-0.1, -0.05) is 13.8 Å². The number of hydrogen-bond donors (Lipinski definition) is 1. The third kappa shape index (κ3) is 6.66. The molecule has 0 saturated carbocycles. The van der Waals surface area contributed by atoms with Gasteiger partial charge < -0.3 is 14.8 Å². The van der Waals surface area contributed by atoms with Gasteiger partial charge in [0.25, 0.3) is 5.91 Å².